The molecule has 0 saturated carbocycles. The van der Waals surface area contributed by atoms with E-state index in [9.17, 15) is 4.79 Å². The molecular weight excluding hydrogens is 168 g/mol. The van der Waals surface area contributed by atoms with E-state index in [0.717, 1.165) is 31.4 Å². The summed E-state index contributed by atoms with van der Waals surface area (Å²) in [5.41, 5.74) is 0. The van der Waals surface area contributed by atoms with Crippen molar-refractivity contribution in [1.82, 2.24) is 0 Å². The van der Waals surface area contributed by atoms with Crippen LogP contribution in [0.3, 0.4) is 0 Å². The van der Waals surface area contributed by atoms with E-state index >= 15 is 0 Å². The lowest BCUT2D eigenvalue weighted by atomic mass is 9.99. The standard InChI is InChI=1S/C10H16O3/c1-13-9-6-8(10(12)7-9)4-2-3-5-11/h7-8,11H,2-6H2,1H3/t8-/m1/s1. The molecule has 1 rings (SSSR count). The number of hydrogen-bond donors (Lipinski definition) is 1. The smallest absolute Gasteiger partial charge is 0.162 e. The summed E-state index contributed by atoms with van der Waals surface area (Å²) < 4.78 is 5.01. The lowest BCUT2D eigenvalue weighted by molar-refractivity contribution is -0.117. The molecule has 0 heterocycles. The van der Waals surface area contributed by atoms with Gasteiger partial charge in [0.05, 0.1) is 12.9 Å². The number of aliphatic hydroxyl groups is 1. The van der Waals surface area contributed by atoms with Gasteiger partial charge in [0.1, 0.15) is 0 Å². The van der Waals surface area contributed by atoms with Gasteiger partial charge in [-0.1, -0.05) is 6.42 Å². The molecule has 13 heavy (non-hydrogen) atoms. The lowest BCUT2D eigenvalue weighted by Gasteiger charge is -2.07. The van der Waals surface area contributed by atoms with Crippen LogP contribution in [-0.2, 0) is 9.53 Å². The van der Waals surface area contributed by atoms with Crippen molar-refractivity contribution < 1.29 is 14.6 Å². The summed E-state index contributed by atoms with van der Waals surface area (Å²) in [6, 6.07) is 0. The molecule has 1 atom stereocenters. The van der Waals surface area contributed by atoms with Crippen LogP contribution in [0.4, 0.5) is 0 Å². The maximum absolute atomic E-state index is 11.3. The van der Waals surface area contributed by atoms with Crippen LogP contribution in [0.1, 0.15) is 25.7 Å². The minimum absolute atomic E-state index is 0.0986. The molecule has 1 N–H and O–H groups in total. The number of aliphatic hydroxyl groups excluding tert-OH is 1. The maximum atomic E-state index is 11.3. The van der Waals surface area contributed by atoms with E-state index < -0.39 is 0 Å². The largest absolute Gasteiger partial charge is 0.501 e. The first kappa shape index (κ1) is 10.3. The number of carbonyl (C=O) groups is 1. The zero-order valence-corrected chi connectivity index (χ0v) is 7.95. The van der Waals surface area contributed by atoms with Gasteiger partial charge in [-0.15, -0.1) is 0 Å². The molecule has 0 aliphatic heterocycles. The minimum atomic E-state index is 0.0986. The molecule has 0 bridgehead atoms. The van der Waals surface area contributed by atoms with Gasteiger partial charge in [-0.25, -0.2) is 0 Å². The van der Waals surface area contributed by atoms with Crippen LogP contribution in [0.25, 0.3) is 0 Å². The molecule has 0 aromatic heterocycles. The average Bonchev–Trinajstić information content (AvgIpc) is 2.48. The van der Waals surface area contributed by atoms with Gasteiger partial charge in [0.15, 0.2) is 5.78 Å². The van der Waals surface area contributed by atoms with Gasteiger partial charge in [-0.3, -0.25) is 4.79 Å². The Morgan fingerprint density at radius 3 is 2.92 bits per heavy atom. The Morgan fingerprint density at radius 1 is 1.62 bits per heavy atom. The van der Waals surface area contributed by atoms with Crippen LogP contribution < -0.4 is 0 Å². The number of allylic oxidation sites excluding steroid dienone is 2. The summed E-state index contributed by atoms with van der Waals surface area (Å²) in [4.78, 5) is 11.3. The van der Waals surface area contributed by atoms with E-state index in [0.29, 0.717) is 0 Å². The van der Waals surface area contributed by atoms with E-state index in [4.69, 9.17) is 9.84 Å². The molecule has 1 aliphatic carbocycles. The molecular formula is C10H16O3. The second kappa shape index (κ2) is 5.02. The Labute approximate surface area is 78.4 Å². The first-order valence-electron chi connectivity index (χ1n) is 4.67. The summed E-state index contributed by atoms with van der Waals surface area (Å²) in [5.74, 6) is 1.07. The Bertz CT molecular complexity index is 208. The van der Waals surface area contributed by atoms with Crippen LogP contribution in [0.2, 0.25) is 0 Å². The van der Waals surface area contributed by atoms with Crippen LogP contribution in [0.5, 0.6) is 0 Å². The van der Waals surface area contributed by atoms with E-state index in [1.807, 2.05) is 0 Å². The Hall–Kier alpha value is -0.830. The fraction of sp³-hybridized carbons (Fsp3) is 0.700. The quantitative estimate of drug-likeness (QED) is 0.654. The highest BCUT2D eigenvalue weighted by Crippen LogP contribution is 2.26. The average molecular weight is 184 g/mol. The van der Waals surface area contributed by atoms with Crippen molar-refractivity contribution in [3.63, 3.8) is 0 Å². The second-order valence-corrected chi connectivity index (χ2v) is 3.34. The normalized spacial score (nSPS) is 21.8. The number of rotatable bonds is 5. The SMILES string of the molecule is COC1=CC(=O)[C@H](CCCCO)C1. The topological polar surface area (TPSA) is 46.5 Å². The number of carbonyl (C=O) groups excluding carboxylic acids is 1. The maximum Gasteiger partial charge on any atom is 0.162 e. The van der Waals surface area contributed by atoms with Gasteiger partial charge in [-0.2, -0.15) is 0 Å². The molecule has 0 saturated heterocycles. The van der Waals surface area contributed by atoms with Crippen molar-refractivity contribution in [3.05, 3.63) is 11.8 Å². The molecule has 0 unspecified atom stereocenters. The molecule has 3 nitrogen and oxygen atoms in total. The summed E-state index contributed by atoms with van der Waals surface area (Å²) in [7, 11) is 1.59. The monoisotopic (exact) mass is 184 g/mol. The highest BCUT2D eigenvalue weighted by Gasteiger charge is 2.25. The fourth-order valence-electron chi connectivity index (χ4n) is 1.57. The van der Waals surface area contributed by atoms with Crippen molar-refractivity contribution >= 4 is 5.78 Å². The fourth-order valence-corrected chi connectivity index (χ4v) is 1.57. The zero-order valence-electron chi connectivity index (χ0n) is 7.95. The van der Waals surface area contributed by atoms with Crippen molar-refractivity contribution in [3.8, 4) is 0 Å². The van der Waals surface area contributed by atoms with E-state index in [2.05, 4.69) is 0 Å². The summed E-state index contributed by atoms with van der Waals surface area (Å²) in [6.45, 7) is 0.214. The van der Waals surface area contributed by atoms with Crippen molar-refractivity contribution in [2.75, 3.05) is 13.7 Å². The van der Waals surface area contributed by atoms with Crippen LogP contribution in [0.15, 0.2) is 11.8 Å². The van der Waals surface area contributed by atoms with Gasteiger partial charge >= 0.3 is 0 Å². The molecule has 0 fully saturated rings. The Balaban J connectivity index is 2.27. The van der Waals surface area contributed by atoms with Crippen molar-refractivity contribution in [2.24, 2.45) is 5.92 Å². The number of ketones is 1. The minimum Gasteiger partial charge on any atom is -0.501 e. The predicted octanol–water partition coefficient (Wildman–Crippen LogP) is 1.27. The van der Waals surface area contributed by atoms with Gasteiger partial charge in [0.25, 0.3) is 0 Å². The Morgan fingerprint density at radius 2 is 2.38 bits per heavy atom. The van der Waals surface area contributed by atoms with E-state index in [1.54, 1.807) is 13.2 Å². The van der Waals surface area contributed by atoms with E-state index in [-0.39, 0.29) is 18.3 Å². The highest BCUT2D eigenvalue weighted by molar-refractivity contribution is 5.94. The summed E-state index contributed by atoms with van der Waals surface area (Å²) >= 11 is 0. The molecule has 0 radical (unpaired) electrons. The van der Waals surface area contributed by atoms with Crippen LogP contribution >= 0.6 is 0 Å². The highest BCUT2D eigenvalue weighted by atomic mass is 16.5. The molecule has 0 spiro atoms. The third-order valence-electron chi connectivity index (χ3n) is 2.38. The summed E-state index contributed by atoms with van der Waals surface area (Å²) in [5, 5.41) is 8.58. The first-order chi connectivity index (χ1) is 6.27. The third-order valence-corrected chi connectivity index (χ3v) is 2.38. The lowest BCUT2D eigenvalue weighted by Crippen LogP contribution is -2.06. The van der Waals surface area contributed by atoms with Crippen molar-refractivity contribution in [2.45, 2.75) is 25.7 Å². The molecule has 1 aliphatic rings. The molecule has 3 heteroatoms. The number of ether oxygens (including phenoxy) is 1. The first-order valence-corrected chi connectivity index (χ1v) is 4.67. The molecule has 0 amide bonds. The Kier molecular flexibility index (Phi) is 3.96. The van der Waals surface area contributed by atoms with Crippen LogP contribution in [-0.4, -0.2) is 24.6 Å². The van der Waals surface area contributed by atoms with Gasteiger partial charge in [0.2, 0.25) is 0 Å². The molecule has 0 aromatic carbocycles. The predicted molar refractivity (Wildman–Crippen MR) is 49.1 cm³/mol. The molecule has 0 aromatic rings. The number of hydrogen-bond acceptors (Lipinski definition) is 3. The number of methoxy groups -OCH3 is 1. The summed E-state index contributed by atoms with van der Waals surface area (Å²) in [6.07, 6.45) is 4.89. The van der Waals surface area contributed by atoms with Crippen molar-refractivity contribution in [1.29, 1.82) is 0 Å². The van der Waals surface area contributed by atoms with Gasteiger partial charge in [-0.05, 0) is 12.8 Å². The van der Waals surface area contributed by atoms with E-state index in [1.165, 1.54) is 0 Å². The van der Waals surface area contributed by atoms with Gasteiger partial charge < -0.3 is 9.84 Å². The third kappa shape index (κ3) is 2.84. The molecule has 74 valence electrons. The second-order valence-electron chi connectivity index (χ2n) is 3.34. The van der Waals surface area contributed by atoms with Gasteiger partial charge in [0, 0.05) is 25.0 Å². The van der Waals surface area contributed by atoms with Crippen LogP contribution in [0, 0.1) is 5.92 Å². The zero-order chi connectivity index (χ0) is 9.68. The number of unbranched alkanes of at least 4 members (excludes halogenated alkanes) is 1.